The number of aryl methyl sites for hydroxylation is 2. The first-order valence-electron chi connectivity index (χ1n) is 10.5. The Morgan fingerprint density at radius 2 is 1.81 bits per heavy atom. The molecule has 2 saturated heterocycles. The molecule has 0 radical (unpaired) electrons. The van der Waals surface area contributed by atoms with Crippen molar-refractivity contribution in [1.29, 1.82) is 0 Å². The first-order chi connectivity index (χ1) is 15.3. The third-order valence-electron chi connectivity index (χ3n) is 5.73. The zero-order valence-electron chi connectivity index (χ0n) is 18.0. The van der Waals surface area contributed by atoms with Gasteiger partial charge in [-0.05, 0) is 43.2 Å². The third kappa shape index (κ3) is 4.49. The molecule has 0 saturated carbocycles. The topological polar surface area (TPSA) is 93.8 Å². The number of nitrogens with zero attached hydrogens (tertiary/aromatic N) is 2. The Bertz CT molecular complexity index is 1040. The lowest BCUT2D eigenvalue weighted by atomic mass is 10.1. The van der Waals surface area contributed by atoms with E-state index < -0.39 is 24.1 Å². The van der Waals surface area contributed by atoms with E-state index in [1.165, 1.54) is 29.2 Å². The van der Waals surface area contributed by atoms with E-state index >= 15 is 0 Å². The van der Waals surface area contributed by atoms with Gasteiger partial charge in [-0.3, -0.25) is 24.7 Å². The van der Waals surface area contributed by atoms with Crippen molar-refractivity contribution in [2.75, 3.05) is 25.0 Å². The number of hydrogen-bond donors (Lipinski definition) is 3. The molecule has 0 aliphatic carbocycles. The predicted octanol–water partition coefficient (Wildman–Crippen LogP) is 1.73. The average molecular weight is 439 g/mol. The average Bonchev–Trinajstić information content (AvgIpc) is 2.77. The Morgan fingerprint density at radius 1 is 1.09 bits per heavy atom. The zero-order valence-corrected chi connectivity index (χ0v) is 18.0. The number of rotatable bonds is 5. The summed E-state index contributed by atoms with van der Waals surface area (Å²) in [5, 5.41) is 9.18. The summed E-state index contributed by atoms with van der Waals surface area (Å²) in [6.45, 7) is 4.79. The van der Waals surface area contributed by atoms with Crippen molar-refractivity contribution in [3.05, 3.63) is 65.0 Å². The summed E-state index contributed by atoms with van der Waals surface area (Å²) >= 11 is 0. The molecule has 8 nitrogen and oxygen atoms in total. The van der Waals surface area contributed by atoms with E-state index in [-0.39, 0.29) is 24.9 Å². The van der Waals surface area contributed by atoms with Crippen LogP contribution in [0.5, 0.6) is 0 Å². The van der Waals surface area contributed by atoms with Crippen LogP contribution >= 0.6 is 0 Å². The SMILES string of the molecule is Cc1ccc(NC(=O)CN2C(=O)N(Cc3ccc(F)cc3)C(=O)C3NCCNC32)c(C)c1. The van der Waals surface area contributed by atoms with Crippen LogP contribution in [0.4, 0.5) is 14.9 Å². The largest absolute Gasteiger partial charge is 0.328 e. The summed E-state index contributed by atoms with van der Waals surface area (Å²) in [6.07, 6.45) is -0.627. The molecular formula is C23H26FN5O3. The van der Waals surface area contributed by atoms with Gasteiger partial charge in [-0.1, -0.05) is 29.8 Å². The fourth-order valence-electron chi connectivity index (χ4n) is 4.11. The third-order valence-corrected chi connectivity index (χ3v) is 5.73. The van der Waals surface area contributed by atoms with Crippen molar-refractivity contribution in [1.82, 2.24) is 20.4 Å². The van der Waals surface area contributed by atoms with Crippen molar-refractivity contribution in [3.8, 4) is 0 Å². The van der Waals surface area contributed by atoms with Crippen molar-refractivity contribution >= 4 is 23.5 Å². The molecule has 2 heterocycles. The van der Waals surface area contributed by atoms with E-state index in [9.17, 15) is 18.8 Å². The molecule has 4 amide bonds. The van der Waals surface area contributed by atoms with Gasteiger partial charge in [0.1, 0.15) is 24.6 Å². The standard InChI is InChI=1S/C23H26FN5O3/c1-14-3-8-18(15(2)11-14)27-19(30)13-28-21-20(25-9-10-26-21)22(31)29(23(28)32)12-16-4-6-17(24)7-5-16/h3-8,11,20-21,25-26H,9-10,12-13H2,1-2H3,(H,27,30). The fourth-order valence-corrected chi connectivity index (χ4v) is 4.11. The maximum Gasteiger partial charge on any atom is 0.328 e. The molecule has 2 aromatic carbocycles. The number of hydrogen-bond acceptors (Lipinski definition) is 5. The fraction of sp³-hybridized carbons (Fsp3) is 0.348. The first kappa shape index (κ1) is 21.9. The highest BCUT2D eigenvalue weighted by Gasteiger charge is 2.47. The minimum atomic E-state index is -0.671. The number of piperazine rings is 1. The highest BCUT2D eigenvalue weighted by molar-refractivity contribution is 6.03. The van der Waals surface area contributed by atoms with Crippen molar-refractivity contribution in [2.45, 2.75) is 32.6 Å². The molecule has 2 aliphatic rings. The van der Waals surface area contributed by atoms with E-state index in [2.05, 4.69) is 16.0 Å². The van der Waals surface area contributed by atoms with Gasteiger partial charge in [-0.25, -0.2) is 9.18 Å². The van der Waals surface area contributed by atoms with Gasteiger partial charge in [-0.15, -0.1) is 0 Å². The minimum Gasteiger partial charge on any atom is -0.324 e. The molecule has 9 heteroatoms. The normalized spacial score (nSPS) is 20.8. The summed E-state index contributed by atoms with van der Waals surface area (Å²) in [5.74, 6) is -1.12. The van der Waals surface area contributed by atoms with Crippen LogP contribution in [0.3, 0.4) is 0 Å². The lowest BCUT2D eigenvalue weighted by molar-refractivity contribution is -0.139. The number of carbonyl (C=O) groups excluding carboxylic acids is 3. The number of nitrogens with one attached hydrogen (secondary N) is 3. The van der Waals surface area contributed by atoms with Crippen LogP contribution in [-0.4, -0.2) is 59.5 Å². The number of amides is 4. The van der Waals surface area contributed by atoms with Crippen LogP contribution < -0.4 is 16.0 Å². The van der Waals surface area contributed by atoms with Gasteiger partial charge < -0.3 is 10.6 Å². The van der Waals surface area contributed by atoms with Crippen LogP contribution in [0.2, 0.25) is 0 Å². The summed E-state index contributed by atoms with van der Waals surface area (Å²) in [4.78, 5) is 41.6. The van der Waals surface area contributed by atoms with E-state index in [1.807, 2.05) is 32.0 Å². The number of imide groups is 1. The predicted molar refractivity (Wildman–Crippen MR) is 117 cm³/mol. The summed E-state index contributed by atoms with van der Waals surface area (Å²) < 4.78 is 13.3. The molecule has 168 valence electrons. The quantitative estimate of drug-likeness (QED) is 0.660. The molecule has 0 bridgehead atoms. The van der Waals surface area contributed by atoms with Gasteiger partial charge in [-0.2, -0.15) is 0 Å². The van der Waals surface area contributed by atoms with E-state index in [1.54, 1.807) is 0 Å². The Balaban J connectivity index is 1.54. The summed E-state index contributed by atoms with van der Waals surface area (Å²) in [5.41, 5.74) is 3.30. The van der Waals surface area contributed by atoms with Crippen LogP contribution in [0.1, 0.15) is 16.7 Å². The van der Waals surface area contributed by atoms with Crippen LogP contribution in [0.25, 0.3) is 0 Å². The van der Waals surface area contributed by atoms with Crippen LogP contribution in [0, 0.1) is 19.7 Å². The van der Waals surface area contributed by atoms with E-state index in [4.69, 9.17) is 0 Å². The van der Waals surface area contributed by atoms with E-state index in [0.29, 0.717) is 24.3 Å². The minimum absolute atomic E-state index is 0.00195. The molecule has 32 heavy (non-hydrogen) atoms. The Labute approximate surface area is 185 Å². The second-order valence-corrected chi connectivity index (χ2v) is 8.16. The number of anilines is 1. The maximum atomic E-state index is 13.3. The molecule has 4 rings (SSSR count). The van der Waals surface area contributed by atoms with Crippen molar-refractivity contribution in [3.63, 3.8) is 0 Å². The van der Waals surface area contributed by atoms with Crippen LogP contribution in [0.15, 0.2) is 42.5 Å². The van der Waals surface area contributed by atoms with Crippen molar-refractivity contribution < 1.29 is 18.8 Å². The number of benzene rings is 2. The molecule has 2 atom stereocenters. The molecular weight excluding hydrogens is 413 g/mol. The molecule has 2 aliphatic heterocycles. The highest BCUT2D eigenvalue weighted by Crippen LogP contribution is 2.22. The number of fused-ring (bicyclic) bond motifs is 1. The Kier molecular flexibility index (Phi) is 6.20. The van der Waals surface area contributed by atoms with Gasteiger partial charge in [0.05, 0.1) is 6.54 Å². The van der Waals surface area contributed by atoms with Gasteiger partial charge in [0.25, 0.3) is 5.91 Å². The summed E-state index contributed by atoms with van der Waals surface area (Å²) in [6, 6.07) is 10.1. The maximum absolute atomic E-state index is 13.3. The first-order valence-corrected chi connectivity index (χ1v) is 10.5. The van der Waals surface area contributed by atoms with Gasteiger partial charge in [0.2, 0.25) is 5.91 Å². The molecule has 3 N–H and O–H groups in total. The van der Waals surface area contributed by atoms with Gasteiger partial charge >= 0.3 is 6.03 Å². The van der Waals surface area contributed by atoms with Crippen molar-refractivity contribution in [2.24, 2.45) is 0 Å². The molecule has 0 spiro atoms. The highest BCUT2D eigenvalue weighted by atomic mass is 19.1. The Hall–Kier alpha value is -3.30. The monoisotopic (exact) mass is 439 g/mol. The number of urea groups is 1. The van der Waals surface area contributed by atoms with E-state index in [0.717, 1.165) is 16.0 Å². The number of carbonyl (C=O) groups is 3. The molecule has 0 aromatic heterocycles. The van der Waals surface area contributed by atoms with Gasteiger partial charge in [0, 0.05) is 18.8 Å². The second-order valence-electron chi connectivity index (χ2n) is 8.16. The summed E-state index contributed by atoms with van der Waals surface area (Å²) in [7, 11) is 0. The molecule has 2 fully saturated rings. The zero-order chi connectivity index (χ0) is 22.8. The molecule has 2 aromatic rings. The smallest absolute Gasteiger partial charge is 0.324 e. The van der Waals surface area contributed by atoms with Gasteiger partial charge in [0.15, 0.2) is 0 Å². The lowest BCUT2D eigenvalue weighted by Crippen LogP contribution is -2.75. The number of halogens is 1. The second kappa shape index (κ2) is 9.05. The Morgan fingerprint density at radius 3 is 2.53 bits per heavy atom. The lowest BCUT2D eigenvalue weighted by Gasteiger charge is -2.47. The molecule has 2 unspecified atom stereocenters. The van der Waals surface area contributed by atoms with Crippen LogP contribution in [-0.2, 0) is 16.1 Å².